The van der Waals surface area contributed by atoms with Crippen molar-refractivity contribution in [3.8, 4) is 5.75 Å². The van der Waals surface area contributed by atoms with E-state index in [9.17, 15) is 0 Å². The van der Waals surface area contributed by atoms with Gasteiger partial charge in [-0.1, -0.05) is 60.7 Å². The van der Waals surface area contributed by atoms with Crippen molar-refractivity contribution in [2.45, 2.75) is 40.1 Å². The van der Waals surface area contributed by atoms with E-state index in [2.05, 4.69) is 76.0 Å². The fourth-order valence-corrected chi connectivity index (χ4v) is 3.47. The van der Waals surface area contributed by atoms with E-state index in [0.717, 1.165) is 5.75 Å². The van der Waals surface area contributed by atoms with Gasteiger partial charge in [0.1, 0.15) is 12.4 Å². The number of hydrogen-bond acceptors (Lipinski definition) is 1. The lowest BCUT2D eigenvalue weighted by atomic mass is 10.1. The maximum Gasteiger partial charge on any atom is 0.119 e. The van der Waals surface area contributed by atoms with E-state index in [1.165, 1.54) is 21.9 Å². The first-order chi connectivity index (χ1) is 9.34. The molecule has 0 bridgehead atoms. The molecule has 0 N–H and O–H groups in total. The Kier molecular flexibility index (Phi) is 4.34. The van der Waals surface area contributed by atoms with Gasteiger partial charge in [-0.2, -0.15) is 0 Å². The summed E-state index contributed by atoms with van der Waals surface area (Å²) in [5.74, 6) is 0.990. The van der Waals surface area contributed by atoms with Crippen molar-refractivity contribution >= 4 is 13.3 Å². The Morgan fingerprint density at radius 1 is 0.900 bits per heavy atom. The van der Waals surface area contributed by atoms with E-state index in [-0.39, 0.29) is 0 Å². The molecule has 0 saturated carbocycles. The molecule has 0 aliphatic carbocycles. The monoisotopic (exact) mass is 284 g/mol. The van der Waals surface area contributed by atoms with Crippen LogP contribution in [-0.4, -0.2) is 8.07 Å². The summed E-state index contributed by atoms with van der Waals surface area (Å²) in [6, 6.07) is 15.1. The maximum atomic E-state index is 5.99. The Balaban J connectivity index is 2.16. The molecular formula is C18H24OSi. The summed E-state index contributed by atoms with van der Waals surface area (Å²) < 4.78 is 5.99. The van der Waals surface area contributed by atoms with Gasteiger partial charge in [-0.25, -0.2) is 0 Å². The van der Waals surface area contributed by atoms with Crippen molar-refractivity contribution in [1.29, 1.82) is 0 Å². The van der Waals surface area contributed by atoms with Crippen molar-refractivity contribution in [2.75, 3.05) is 0 Å². The summed E-state index contributed by atoms with van der Waals surface area (Å²) in [6.45, 7) is 12.0. The first kappa shape index (κ1) is 14.9. The number of benzene rings is 2. The number of rotatable bonds is 4. The van der Waals surface area contributed by atoms with E-state index < -0.39 is 8.07 Å². The van der Waals surface area contributed by atoms with Gasteiger partial charge < -0.3 is 4.74 Å². The normalized spacial score (nSPS) is 11.4. The van der Waals surface area contributed by atoms with E-state index in [1.807, 2.05) is 0 Å². The molecule has 0 spiro atoms. The number of aryl methyl sites for hydroxylation is 2. The zero-order chi connectivity index (χ0) is 14.8. The predicted molar refractivity (Wildman–Crippen MR) is 89.7 cm³/mol. The van der Waals surface area contributed by atoms with Gasteiger partial charge in [0.05, 0.1) is 8.07 Å². The molecule has 0 aliphatic heterocycles. The molecule has 0 aromatic heterocycles. The van der Waals surface area contributed by atoms with Crippen LogP contribution in [0.25, 0.3) is 0 Å². The summed E-state index contributed by atoms with van der Waals surface area (Å²) in [5, 5.41) is 1.46. The zero-order valence-electron chi connectivity index (χ0n) is 13.2. The summed E-state index contributed by atoms with van der Waals surface area (Å²) in [6.07, 6.45) is 0. The summed E-state index contributed by atoms with van der Waals surface area (Å²) in [7, 11) is -1.29. The van der Waals surface area contributed by atoms with E-state index >= 15 is 0 Å². The molecule has 0 saturated heterocycles. The van der Waals surface area contributed by atoms with Crippen LogP contribution >= 0.6 is 0 Å². The first-order valence-corrected chi connectivity index (χ1v) is 10.6. The molecule has 0 heterocycles. The molecule has 1 nitrogen and oxygen atoms in total. The predicted octanol–water partition coefficient (Wildman–Crippen LogP) is 4.43. The minimum Gasteiger partial charge on any atom is -0.489 e. The molecule has 2 heteroatoms. The lowest BCUT2D eigenvalue weighted by Gasteiger charge is -2.19. The van der Waals surface area contributed by atoms with Crippen LogP contribution in [0.4, 0.5) is 0 Å². The Hall–Kier alpha value is -1.54. The molecule has 0 unspecified atom stereocenters. The lowest BCUT2D eigenvalue weighted by Crippen LogP contribution is -2.37. The fraction of sp³-hybridized carbons (Fsp3) is 0.333. The lowest BCUT2D eigenvalue weighted by molar-refractivity contribution is 0.306. The van der Waals surface area contributed by atoms with E-state index in [0.29, 0.717) is 6.61 Å². The fourth-order valence-electron chi connectivity index (χ4n) is 2.23. The Labute approximate surface area is 123 Å². The van der Waals surface area contributed by atoms with E-state index in [4.69, 9.17) is 4.74 Å². The largest absolute Gasteiger partial charge is 0.489 e. The maximum absolute atomic E-state index is 5.99. The van der Waals surface area contributed by atoms with Crippen LogP contribution in [0.1, 0.15) is 16.7 Å². The molecule has 0 amide bonds. The standard InChI is InChI=1S/C18H24OSi/c1-14-7-6-8-16(9-14)13-19-17-10-15(2)11-18(12-17)20(3,4)5/h6-12H,13H2,1-5H3. The average molecular weight is 284 g/mol. The summed E-state index contributed by atoms with van der Waals surface area (Å²) in [4.78, 5) is 0. The molecular weight excluding hydrogens is 260 g/mol. The van der Waals surface area contributed by atoms with Gasteiger partial charge in [-0.15, -0.1) is 0 Å². The van der Waals surface area contributed by atoms with Gasteiger partial charge in [-0.3, -0.25) is 0 Å². The molecule has 0 atom stereocenters. The van der Waals surface area contributed by atoms with Crippen molar-refractivity contribution in [3.63, 3.8) is 0 Å². The smallest absolute Gasteiger partial charge is 0.119 e. The summed E-state index contributed by atoms with van der Waals surface area (Å²) >= 11 is 0. The second kappa shape index (κ2) is 5.84. The van der Waals surface area contributed by atoms with Crippen LogP contribution in [-0.2, 0) is 6.61 Å². The van der Waals surface area contributed by atoms with Crippen molar-refractivity contribution in [1.82, 2.24) is 0 Å². The molecule has 2 rings (SSSR count). The highest BCUT2D eigenvalue weighted by atomic mass is 28.3. The van der Waals surface area contributed by atoms with Crippen molar-refractivity contribution in [3.05, 3.63) is 59.2 Å². The second-order valence-electron chi connectivity index (χ2n) is 6.56. The molecule has 0 radical (unpaired) electrons. The first-order valence-electron chi connectivity index (χ1n) is 7.15. The molecule has 0 fully saturated rings. The third kappa shape index (κ3) is 3.97. The summed E-state index contributed by atoms with van der Waals surface area (Å²) in [5.41, 5.74) is 3.78. The van der Waals surface area contributed by atoms with Gasteiger partial charge in [-0.05, 0) is 37.1 Å². The molecule has 106 valence electrons. The average Bonchev–Trinajstić information content (AvgIpc) is 2.35. The Morgan fingerprint density at radius 3 is 2.30 bits per heavy atom. The van der Waals surface area contributed by atoms with Crippen molar-refractivity contribution < 1.29 is 4.74 Å². The van der Waals surface area contributed by atoms with Crippen molar-refractivity contribution in [2.24, 2.45) is 0 Å². The van der Waals surface area contributed by atoms with Crippen LogP contribution in [0.5, 0.6) is 5.75 Å². The number of ether oxygens (including phenoxy) is 1. The Bertz CT molecular complexity index is 597. The van der Waals surface area contributed by atoms with Gasteiger partial charge in [0, 0.05) is 0 Å². The zero-order valence-corrected chi connectivity index (χ0v) is 14.2. The highest BCUT2D eigenvalue weighted by Crippen LogP contribution is 2.16. The van der Waals surface area contributed by atoms with Crippen LogP contribution in [0.2, 0.25) is 19.6 Å². The highest BCUT2D eigenvalue weighted by Gasteiger charge is 2.17. The molecule has 2 aromatic rings. The van der Waals surface area contributed by atoms with Gasteiger partial charge in [0.25, 0.3) is 0 Å². The van der Waals surface area contributed by atoms with Gasteiger partial charge in [0.2, 0.25) is 0 Å². The third-order valence-corrected chi connectivity index (χ3v) is 5.43. The van der Waals surface area contributed by atoms with Crippen LogP contribution in [0.15, 0.2) is 42.5 Å². The van der Waals surface area contributed by atoms with Gasteiger partial charge >= 0.3 is 0 Å². The quantitative estimate of drug-likeness (QED) is 0.755. The number of hydrogen-bond donors (Lipinski definition) is 0. The van der Waals surface area contributed by atoms with Gasteiger partial charge in [0.15, 0.2) is 0 Å². The minimum atomic E-state index is -1.29. The topological polar surface area (TPSA) is 9.23 Å². The minimum absolute atomic E-state index is 0.635. The third-order valence-electron chi connectivity index (χ3n) is 3.40. The molecule has 0 aliphatic rings. The molecule has 20 heavy (non-hydrogen) atoms. The van der Waals surface area contributed by atoms with Crippen LogP contribution in [0, 0.1) is 13.8 Å². The van der Waals surface area contributed by atoms with Crippen LogP contribution in [0.3, 0.4) is 0 Å². The SMILES string of the molecule is Cc1cccc(COc2cc(C)cc([Si](C)(C)C)c2)c1. The van der Waals surface area contributed by atoms with E-state index in [1.54, 1.807) is 0 Å². The van der Waals surface area contributed by atoms with Crippen LogP contribution < -0.4 is 9.92 Å². The highest BCUT2D eigenvalue weighted by molar-refractivity contribution is 6.88. The Morgan fingerprint density at radius 2 is 1.65 bits per heavy atom. The molecule has 2 aromatic carbocycles. The second-order valence-corrected chi connectivity index (χ2v) is 11.6.